The van der Waals surface area contributed by atoms with Crippen molar-refractivity contribution in [3.8, 4) is 0 Å². The zero-order chi connectivity index (χ0) is 31.5. The normalized spacial score (nSPS) is 47.5. The van der Waals surface area contributed by atoms with Crippen molar-refractivity contribution in [2.75, 3.05) is 0 Å². The standard InChI is InChI=1S/C34H48O9/c1-17(35)39-25-15-24-30(3,4)42-27(37)16-26(40-18(2)36)34(24,9)23-12-13-32(7)20(10-11-22(32)33(23,25)8)19-14-21(41-29(19)38)28-31(5,6)43-28/h11,19-21,23-26,28H,10,12-16H2,1-9H3/t19-,20-,21-,23-,24-,25+,26-,28+,32-,33-,34+/m0/s1. The number of carbonyl (C=O) groups excluding carboxylic acids is 4. The molecule has 9 heteroatoms. The number of epoxide rings is 1. The Morgan fingerprint density at radius 3 is 2.12 bits per heavy atom. The molecular weight excluding hydrogens is 552 g/mol. The minimum absolute atomic E-state index is 0.0192. The van der Waals surface area contributed by atoms with E-state index in [4.69, 9.17) is 23.7 Å². The summed E-state index contributed by atoms with van der Waals surface area (Å²) >= 11 is 0. The molecule has 3 aliphatic heterocycles. The van der Waals surface area contributed by atoms with Crippen LogP contribution in [0, 0.1) is 39.9 Å². The van der Waals surface area contributed by atoms with E-state index in [1.807, 2.05) is 27.7 Å². The molecule has 0 amide bonds. The molecular formula is C34H48O9. The molecule has 0 radical (unpaired) electrons. The van der Waals surface area contributed by atoms with E-state index in [0.717, 1.165) is 19.3 Å². The van der Waals surface area contributed by atoms with Gasteiger partial charge in [0.25, 0.3) is 0 Å². The smallest absolute Gasteiger partial charge is 0.310 e. The van der Waals surface area contributed by atoms with E-state index in [1.54, 1.807) is 0 Å². The highest BCUT2D eigenvalue weighted by Gasteiger charge is 2.72. The molecule has 5 fully saturated rings. The van der Waals surface area contributed by atoms with Crippen molar-refractivity contribution in [3.05, 3.63) is 11.6 Å². The summed E-state index contributed by atoms with van der Waals surface area (Å²) < 4.78 is 30.0. The maximum absolute atomic E-state index is 13.4. The number of hydrogen-bond acceptors (Lipinski definition) is 9. The summed E-state index contributed by atoms with van der Waals surface area (Å²) in [5, 5.41) is 0. The monoisotopic (exact) mass is 600 g/mol. The Bertz CT molecular complexity index is 1280. The Kier molecular flexibility index (Phi) is 6.79. The molecule has 0 aromatic heterocycles. The number of rotatable bonds is 4. The molecule has 43 heavy (non-hydrogen) atoms. The average Bonchev–Trinajstić information content (AvgIpc) is 3.18. The van der Waals surface area contributed by atoms with Crippen LogP contribution in [0.4, 0.5) is 0 Å². The van der Waals surface area contributed by atoms with E-state index in [2.05, 4.69) is 26.8 Å². The van der Waals surface area contributed by atoms with Crippen LogP contribution in [-0.4, -0.2) is 59.5 Å². The van der Waals surface area contributed by atoms with E-state index in [-0.39, 0.29) is 65.3 Å². The lowest BCUT2D eigenvalue weighted by Gasteiger charge is -2.66. The number of fused-ring (bicyclic) bond motifs is 5. The summed E-state index contributed by atoms with van der Waals surface area (Å²) in [6.45, 7) is 17.3. The molecule has 3 saturated heterocycles. The van der Waals surface area contributed by atoms with Crippen molar-refractivity contribution in [1.29, 1.82) is 0 Å². The van der Waals surface area contributed by atoms with E-state index < -0.39 is 40.6 Å². The SMILES string of the molecule is CC(=O)O[C@H]1CC(=O)OC(C)(C)[C@@H]2C[C@@H](OC(C)=O)[C@@]3(C)C4=CC[C@@H]([C@@H]5C[C@@H]([C@H]6OC6(C)C)OC5=O)[C@]4(C)CC[C@@H]3[C@@]12C. The van der Waals surface area contributed by atoms with Gasteiger partial charge in [0.15, 0.2) is 0 Å². The molecule has 0 aromatic rings. The molecule has 3 aliphatic carbocycles. The highest BCUT2D eigenvalue weighted by molar-refractivity contribution is 5.76. The molecule has 238 valence electrons. The van der Waals surface area contributed by atoms with Crippen LogP contribution in [0.5, 0.6) is 0 Å². The zero-order valence-electron chi connectivity index (χ0n) is 27.1. The minimum atomic E-state index is -0.866. The maximum atomic E-state index is 13.4. The third-order valence-electron chi connectivity index (χ3n) is 12.7. The van der Waals surface area contributed by atoms with Gasteiger partial charge >= 0.3 is 23.9 Å². The van der Waals surface area contributed by atoms with Gasteiger partial charge < -0.3 is 23.7 Å². The van der Waals surface area contributed by atoms with Gasteiger partial charge in [0, 0.05) is 37.0 Å². The molecule has 0 aromatic carbocycles. The highest BCUT2D eigenvalue weighted by atomic mass is 16.6. The van der Waals surface area contributed by atoms with Crippen molar-refractivity contribution in [3.63, 3.8) is 0 Å². The van der Waals surface area contributed by atoms with Crippen molar-refractivity contribution in [1.82, 2.24) is 0 Å². The number of hydrogen-bond donors (Lipinski definition) is 0. The largest absolute Gasteiger partial charge is 0.462 e. The number of esters is 4. The Morgan fingerprint density at radius 1 is 0.884 bits per heavy atom. The number of cyclic esters (lactones) is 2. The van der Waals surface area contributed by atoms with Gasteiger partial charge in [0.05, 0.1) is 17.9 Å². The zero-order valence-corrected chi connectivity index (χ0v) is 27.1. The van der Waals surface area contributed by atoms with Crippen LogP contribution >= 0.6 is 0 Å². The molecule has 0 spiro atoms. The van der Waals surface area contributed by atoms with E-state index in [1.165, 1.54) is 19.4 Å². The molecule has 6 aliphatic rings. The first-order valence-corrected chi connectivity index (χ1v) is 16.0. The van der Waals surface area contributed by atoms with Gasteiger partial charge in [-0.25, -0.2) is 0 Å². The Hall–Kier alpha value is -2.42. The summed E-state index contributed by atoms with van der Waals surface area (Å²) in [4.78, 5) is 51.5. The predicted molar refractivity (Wildman–Crippen MR) is 154 cm³/mol. The lowest BCUT2D eigenvalue weighted by atomic mass is 9.39. The van der Waals surface area contributed by atoms with Crippen LogP contribution in [0.1, 0.15) is 101 Å². The molecule has 0 unspecified atom stereocenters. The van der Waals surface area contributed by atoms with Gasteiger partial charge in [-0.05, 0) is 70.6 Å². The van der Waals surface area contributed by atoms with Gasteiger partial charge in [-0.1, -0.05) is 32.4 Å². The second kappa shape index (κ2) is 9.54. The van der Waals surface area contributed by atoms with E-state index in [9.17, 15) is 19.2 Å². The van der Waals surface area contributed by atoms with Crippen molar-refractivity contribution >= 4 is 23.9 Å². The lowest BCUT2D eigenvalue weighted by molar-refractivity contribution is -0.227. The Labute approximate surface area is 254 Å². The molecule has 6 rings (SSSR count). The number of ether oxygens (including phenoxy) is 5. The first-order valence-electron chi connectivity index (χ1n) is 16.0. The van der Waals surface area contributed by atoms with Gasteiger partial charge in [0.1, 0.15) is 30.0 Å². The van der Waals surface area contributed by atoms with E-state index in [0.29, 0.717) is 12.8 Å². The Balaban J connectivity index is 1.41. The first-order chi connectivity index (χ1) is 19.9. The van der Waals surface area contributed by atoms with Gasteiger partial charge in [-0.15, -0.1) is 0 Å². The van der Waals surface area contributed by atoms with Gasteiger partial charge in [0.2, 0.25) is 0 Å². The Morgan fingerprint density at radius 2 is 1.51 bits per heavy atom. The molecule has 0 N–H and O–H groups in total. The number of carbonyl (C=O) groups is 4. The summed E-state index contributed by atoms with van der Waals surface area (Å²) in [6.07, 6.45) is 4.24. The first kappa shape index (κ1) is 30.6. The third-order valence-corrected chi connectivity index (χ3v) is 12.7. The molecule has 9 nitrogen and oxygen atoms in total. The van der Waals surface area contributed by atoms with Crippen LogP contribution in [0.3, 0.4) is 0 Å². The summed E-state index contributed by atoms with van der Waals surface area (Å²) in [5.74, 6) is -1.81. The fourth-order valence-corrected chi connectivity index (χ4v) is 10.9. The van der Waals surface area contributed by atoms with Crippen molar-refractivity contribution in [2.45, 2.75) is 136 Å². The highest BCUT2D eigenvalue weighted by Crippen LogP contribution is 2.73. The minimum Gasteiger partial charge on any atom is -0.462 e. The topological polar surface area (TPSA) is 118 Å². The fourth-order valence-electron chi connectivity index (χ4n) is 10.9. The number of allylic oxidation sites excluding steroid dienone is 1. The third kappa shape index (κ3) is 4.41. The summed E-state index contributed by atoms with van der Waals surface area (Å²) in [6, 6.07) is 0. The maximum Gasteiger partial charge on any atom is 0.310 e. The average molecular weight is 601 g/mol. The second-order valence-corrected chi connectivity index (χ2v) is 15.8. The van der Waals surface area contributed by atoms with Crippen LogP contribution in [-0.2, 0) is 42.9 Å². The molecule has 11 atom stereocenters. The van der Waals surface area contributed by atoms with Crippen molar-refractivity contribution in [2.24, 2.45) is 39.9 Å². The molecule has 0 bridgehead atoms. The van der Waals surface area contributed by atoms with Crippen LogP contribution < -0.4 is 0 Å². The summed E-state index contributed by atoms with van der Waals surface area (Å²) in [7, 11) is 0. The van der Waals surface area contributed by atoms with Crippen LogP contribution in [0.15, 0.2) is 11.6 Å². The molecule has 2 saturated carbocycles. The second-order valence-electron chi connectivity index (χ2n) is 15.8. The van der Waals surface area contributed by atoms with Crippen molar-refractivity contribution < 1.29 is 42.9 Å². The van der Waals surface area contributed by atoms with Gasteiger partial charge in [-0.2, -0.15) is 0 Å². The van der Waals surface area contributed by atoms with Crippen LogP contribution in [0.2, 0.25) is 0 Å². The lowest BCUT2D eigenvalue weighted by Crippen LogP contribution is -2.67. The van der Waals surface area contributed by atoms with Crippen LogP contribution in [0.25, 0.3) is 0 Å². The molecule has 3 heterocycles. The quantitative estimate of drug-likeness (QED) is 0.188. The van der Waals surface area contributed by atoms with Gasteiger partial charge in [-0.3, -0.25) is 19.2 Å². The predicted octanol–water partition coefficient (Wildman–Crippen LogP) is 5.08. The van der Waals surface area contributed by atoms with E-state index >= 15 is 0 Å². The summed E-state index contributed by atoms with van der Waals surface area (Å²) in [5.41, 5.74) is -1.48. The fraction of sp³-hybridized carbons (Fsp3) is 0.824.